The number of benzene rings is 2. The largest absolute Gasteiger partial charge is 0.494 e. The number of imidazole rings is 1. The Kier molecular flexibility index (Phi) is 5.90. The summed E-state index contributed by atoms with van der Waals surface area (Å²) in [4.78, 5) is 16.7. The van der Waals surface area contributed by atoms with Crippen molar-refractivity contribution in [3.05, 3.63) is 60.4 Å². The average molecular weight is 411 g/mol. The lowest BCUT2D eigenvalue weighted by Gasteiger charge is -2.09. The Bertz CT molecular complexity index is 988. The number of aromatic nitrogens is 2. The lowest BCUT2D eigenvalue weighted by molar-refractivity contribution is -0.113. The SMILES string of the molecule is CCOc1ccc(NC(=O)CSc2nccn2Cc2ccc3c(c2)OCO3)cc1. The second-order valence-electron chi connectivity index (χ2n) is 6.32. The number of carbonyl (C=O) groups excluding carboxylic acids is 1. The number of fused-ring (bicyclic) bond motifs is 1. The van der Waals surface area contributed by atoms with E-state index in [1.54, 1.807) is 6.20 Å². The van der Waals surface area contributed by atoms with E-state index < -0.39 is 0 Å². The van der Waals surface area contributed by atoms with E-state index in [9.17, 15) is 4.79 Å². The first-order chi connectivity index (χ1) is 14.2. The Morgan fingerprint density at radius 3 is 2.86 bits per heavy atom. The Labute approximate surface area is 173 Å². The van der Waals surface area contributed by atoms with Crippen LogP contribution in [0.5, 0.6) is 17.2 Å². The van der Waals surface area contributed by atoms with Crippen molar-refractivity contribution in [1.82, 2.24) is 9.55 Å². The van der Waals surface area contributed by atoms with Crippen LogP contribution in [0.15, 0.2) is 60.0 Å². The van der Waals surface area contributed by atoms with E-state index in [1.165, 1.54) is 11.8 Å². The molecule has 1 aliphatic heterocycles. The molecule has 3 aromatic rings. The van der Waals surface area contributed by atoms with Gasteiger partial charge in [0, 0.05) is 24.6 Å². The van der Waals surface area contributed by atoms with Crippen molar-refractivity contribution in [2.45, 2.75) is 18.6 Å². The summed E-state index contributed by atoms with van der Waals surface area (Å²) in [6.07, 6.45) is 3.64. The van der Waals surface area contributed by atoms with E-state index >= 15 is 0 Å². The molecule has 0 saturated heterocycles. The maximum absolute atomic E-state index is 12.3. The molecule has 1 amide bonds. The molecule has 0 aliphatic carbocycles. The van der Waals surface area contributed by atoms with Gasteiger partial charge in [0.1, 0.15) is 5.75 Å². The molecule has 4 rings (SSSR count). The van der Waals surface area contributed by atoms with Crippen LogP contribution in [0.1, 0.15) is 12.5 Å². The summed E-state index contributed by atoms with van der Waals surface area (Å²) >= 11 is 1.40. The van der Waals surface area contributed by atoms with Crippen molar-refractivity contribution in [1.29, 1.82) is 0 Å². The fourth-order valence-corrected chi connectivity index (χ4v) is 3.68. The highest BCUT2D eigenvalue weighted by molar-refractivity contribution is 7.99. The number of ether oxygens (including phenoxy) is 3. The third-order valence-corrected chi connectivity index (χ3v) is 5.25. The van der Waals surface area contributed by atoms with E-state index in [2.05, 4.69) is 10.3 Å². The molecule has 0 fully saturated rings. The first kappa shape index (κ1) is 19.2. The molecule has 8 heteroatoms. The van der Waals surface area contributed by atoms with Crippen LogP contribution >= 0.6 is 11.8 Å². The van der Waals surface area contributed by atoms with Crippen LogP contribution in [0.2, 0.25) is 0 Å². The van der Waals surface area contributed by atoms with Crippen LogP contribution in [0.4, 0.5) is 5.69 Å². The van der Waals surface area contributed by atoms with Crippen LogP contribution in [0.3, 0.4) is 0 Å². The van der Waals surface area contributed by atoms with Crippen molar-refractivity contribution in [2.75, 3.05) is 24.5 Å². The molecule has 0 saturated carbocycles. The van der Waals surface area contributed by atoms with E-state index in [-0.39, 0.29) is 18.5 Å². The molecule has 1 aliphatic rings. The highest BCUT2D eigenvalue weighted by Crippen LogP contribution is 2.33. The van der Waals surface area contributed by atoms with Crippen molar-refractivity contribution >= 4 is 23.4 Å². The number of hydrogen-bond donors (Lipinski definition) is 1. The zero-order valence-electron chi connectivity index (χ0n) is 16.0. The average Bonchev–Trinajstić information content (AvgIpc) is 3.37. The monoisotopic (exact) mass is 411 g/mol. The number of carbonyl (C=O) groups is 1. The number of nitrogens with zero attached hydrogens (tertiary/aromatic N) is 2. The smallest absolute Gasteiger partial charge is 0.234 e. The molecule has 0 atom stereocenters. The fourth-order valence-electron chi connectivity index (χ4n) is 2.92. The van der Waals surface area contributed by atoms with E-state index in [4.69, 9.17) is 14.2 Å². The number of nitrogens with one attached hydrogen (secondary N) is 1. The quantitative estimate of drug-likeness (QED) is 0.569. The minimum absolute atomic E-state index is 0.0863. The maximum atomic E-state index is 12.3. The van der Waals surface area contributed by atoms with Gasteiger partial charge >= 0.3 is 0 Å². The first-order valence-corrected chi connectivity index (χ1v) is 10.2. The number of anilines is 1. The molecular weight excluding hydrogens is 390 g/mol. The van der Waals surface area contributed by atoms with Gasteiger partial charge in [-0.05, 0) is 48.9 Å². The van der Waals surface area contributed by atoms with Gasteiger partial charge in [0.05, 0.1) is 12.4 Å². The highest BCUT2D eigenvalue weighted by Gasteiger charge is 2.14. The minimum Gasteiger partial charge on any atom is -0.494 e. The predicted octanol–water partition coefficient (Wildman–Crippen LogP) is 3.79. The molecule has 0 unspecified atom stereocenters. The molecule has 7 nitrogen and oxygen atoms in total. The zero-order valence-corrected chi connectivity index (χ0v) is 16.8. The second kappa shape index (κ2) is 8.91. The number of amides is 1. The molecule has 0 radical (unpaired) electrons. The number of thioether (sulfide) groups is 1. The summed E-state index contributed by atoms with van der Waals surface area (Å²) in [7, 11) is 0. The summed E-state index contributed by atoms with van der Waals surface area (Å²) in [5.74, 6) is 2.49. The Hall–Kier alpha value is -3.13. The lowest BCUT2D eigenvalue weighted by atomic mass is 10.2. The Balaban J connectivity index is 1.32. The molecule has 1 N–H and O–H groups in total. The summed E-state index contributed by atoms with van der Waals surface area (Å²) in [6.45, 7) is 3.44. The number of hydrogen-bond acceptors (Lipinski definition) is 6. The molecule has 29 heavy (non-hydrogen) atoms. The van der Waals surface area contributed by atoms with Gasteiger partial charge in [-0.1, -0.05) is 17.8 Å². The number of rotatable bonds is 8. The first-order valence-electron chi connectivity index (χ1n) is 9.26. The zero-order chi connectivity index (χ0) is 20.1. The van der Waals surface area contributed by atoms with Crippen molar-refractivity contribution < 1.29 is 19.0 Å². The predicted molar refractivity (Wildman–Crippen MR) is 111 cm³/mol. The topological polar surface area (TPSA) is 74.6 Å². The maximum Gasteiger partial charge on any atom is 0.234 e. The molecule has 2 heterocycles. The normalized spacial score (nSPS) is 12.0. The Morgan fingerprint density at radius 2 is 2.03 bits per heavy atom. The van der Waals surface area contributed by atoms with E-state index in [1.807, 2.05) is 60.2 Å². The van der Waals surface area contributed by atoms with Crippen LogP contribution in [-0.2, 0) is 11.3 Å². The fraction of sp³-hybridized carbons (Fsp3) is 0.238. The van der Waals surface area contributed by atoms with Gasteiger partial charge in [-0.15, -0.1) is 0 Å². The lowest BCUT2D eigenvalue weighted by Crippen LogP contribution is -2.14. The van der Waals surface area contributed by atoms with Gasteiger partial charge in [0.25, 0.3) is 0 Å². The van der Waals surface area contributed by atoms with Crippen molar-refractivity contribution in [2.24, 2.45) is 0 Å². The van der Waals surface area contributed by atoms with Crippen LogP contribution in [0.25, 0.3) is 0 Å². The minimum atomic E-state index is -0.0863. The van der Waals surface area contributed by atoms with Gasteiger partial charge in [0.15, 0.2) is 16.7 Å². The third-order valence-electron chi connectivity index (χ3n) is 4.25. The van der Waals surface area contributed by atoms with Gasteiger partial charge in [-0.2, -0.15) is 0 Å². The molecule has 150 valence electrons. The molecule has 2 aromatic carbocycles. The van der Waals surface area contributed by atoms with Crippen LogP contribution < -0.4 is 19.5 Å². The highest BCUT2D eigenvalue weighted by atomic mass is 32.2. The molecule has 1 aromatic heterocycles. The van der Waals surface area contributed by atoms with E-state index in [0.717, 1.165) is 33.7 Å². The van der Waals surface area contributed by atoms with Gasteiger partial charge in [0.2, 0.25) is 12.7 Å². The van der Waals surface area contributed by atoms with Crippen molar-refractivity contribution in [3.8, 4) is 17.2 Å². The van der Waals surface area contributed by atoms with Crippen LogP contribution in [-0.4, -0.2) is 34.6 Å². The second-order valence-corrected chi connectivity index (χ2v) is 7.26. The summed E-state index contributed by atoms with van der Waals surface area (Å²) < 4.78 is 18.2. The van der Waals surface area contributed by atoms with Gasteiger partial charge in [-0.25, -0.2) is 4.98 Å². The molecule has 0 spiro atoms. The third kappa shape index (κ3) is 4.83. The molecular formula is C21H21N3O4S. The molecule has 0 bridgehead atoms. The summed E-state index contributed by atoms with van der Waals surface area (Å²) in [5, 5.41) is 3.67. The standard InChI is InChI=1S/C21H21N3O4S/c1-2-26-17-6-4-16(5-7-17)23-20(25)13-29-21-22-9-10-24(21)12-15-3-8-18-19(11-15)28-14-27-18/h3-11H,2,12-14H2,1H3,(H,23,25). The summed E-state index contributed by atoms with van der Waals surface area (Å²) in [5.41, 5.74) is 1.82. The van der Waals surface area contributed by atoms with E-state index in [0.29, 0.717) is 13.2 Å². The van der Waals surface area contributed by atoms with Crippen LogP contribution in [0, 0.1) is 0 Å². The van der Waals surface area contributed by atoms with Gasteiger partial charge < -0.3 is 24.1 Å². The summed E-state index contributed by atoms with van der Waals surface area (Å²) in [6, 6.07) is 13.2. The van der Waals surface area contributed by atoms with Gasteiger partial charge in [-0.3, -0.25) is 4.79 Å². The Morgan fingerprint density at radius 1 is 1.21 bits per heavy atom. The van der Waals surface area contributed by atoms with Crippen molar-refractivity contribution in [3.63, 3.8) is 0 Å².